The summed E-state index contributed by atoms with van der Waals surface area (Å²) in [5.41, 5.74) is 0.147. The fourth-order valence-corrected chi connectivity index (χ4v) is 5.19. The Kier molecular flexibility index (Phi) is 7.42. The number of hydrogen-bond donors (Lipinski definition) is 2. The highest BCUT2D eigenvalue weighted by molar-refractivity contribution is 6.00. The Balaban J connectivity index is 1.26. The van der Waals surface area contributed by atoms with Crippen molar-refractivity contribution in [2.24, 2.45) is 11.8 Å². The van der Waals surface area contributed by atoms with Crippen LogP contribution >= 0.6 is 0 Å². The monoisotopic (exact) mass is 484 g/mol. The van der Waals surface area contributed by atoms with E-state index < -0.39 is 11.5 Å². The van der Waals surface area contributed by atoms with Gasteiger partial charge in [-0.15, -0.1) is 0 Å². The number of pyridine rings is 1. The molecule has 3 amide bonds. The average molecular weight is 485 g/mol. The summed E-state index contributed by atoms with van der Waals surface area (Å²) >= 11 is 0. The van der Waals surface area contributed by atoms with Crippen LogP contribution in [0.2, 0.25) is 0 Å². The SMILES string of the molecule is CC(C)(C)OC(=O)[C@@H]1CCN(C(=O)[C@H]2CC[C@H](Nc3cccc(C4CCC(=O)NC4=O)n3)CC2)C1. The molecule has 2 N–H and O–H groups in total. The summed E-state index contributed by atoms with van der Waals surface area (Å²) < 4.78 is 5.50. The lowest BCUT2D eigenvalue weighted by Crippen LogP contribution is -2.40. The lowest BCUT2D eigenvalue weighted by atomic mass is 9.85. The summed E-state index contributed by atoms with van der Waals surface area (Å²) in [6.07, 6.45) is 4.73. The molecule has 0 radical (unpaired) electrons. The molecule has 3 aliphatic rings. The molecule has 2 saturated heterocycles. The predicted molar refractivity (Wildman–Crippen MR) is 129 cm³/mol. The van der Waals surface area contributed by atoms with Gasteiger partial charge >= 0.3 is 5.97 Å². The maximum absolute atomic E-state index is 13.1. The summed E-state index contributed by atoms with van der Waals surface area (Å²) in [4.78, 5) is 55.5. The molecular formula is C26H36N4O5. The second kappa shape index (κ2) is 10.3. The molecule has 0 spiro atoms. The zero-order valence-electron chi connectivity index (χ0n) is 20.8. The smallest absolute Gasteiger partial charge is 0.311 e. The van der Waals surface area contributed by atoms with E-state index in [2.05, 4.69) is 15.6 Å². The van der Waals surface area contributed by atoms with Gasteiger partial charge in [0, 0.05) is 31.5 Å². The van der Waals surface area contributed by atoms with Crippen LogP contribution in [0.5, 0.6) is 0 Å². The zero-order chi connectivity index (χ0) is 25.2. The minimum atomic E-state index is -0.518. The second-order valence-electron chi connectivity index (χ2n) is 10.9. The van der Waals surface area contributed by atoms with Crippen molar-refractivity contribution >= 4 is 29.5 Å². The Morgan fingerprint density at radius 1 is 1.06 bits per heavy atom. The van der Waals surface area contributed by atoms with E-state index in [0.717, 1.165) is 25.7 Å². The number of ether oxygens (including phenoxy) is 1. The third kappa shape index (κ3) is 6.38. The van der Waals surface area contributed by atoms with E-state index in [1.807, 2.05) is 43.9 Å². The average Bonchev–Trinajstić information content (AvgIpc) is 3.29. The van der Waals surface area contributed by atoms with Crippen molar-refractivity contribution in [3.8, 4) is 0 Å². The summed E-state index contributed by atoms with van der Waals surface area (Å²) in [7, 11) is 0. The lowest BCUT2D eigenvalue weighted by Gasteiger charge is -2.31. The Hall–Kier alpha value is -2.97. The first-order valence-corrected chi connectivity index (χ1v) is 12.7. The molecule has 0 aromatic carbocycles. The number of carbonyl (C=O) groups is 4. The second-order valence-corrected chi connectivity index (χ2v) is 10.9. The third-order valence-electron chi connectivity index (χ3n) is 7.04. The molecule has 3 heterocycles. The number of anilines is 1. The molecule has 1 aliphatic carbocycles. The van der Waals surface area contributed by atoms with Crippen molar-refractivity contribution in [3.63, 3.8) is 0 Å². The number of aromatic nitrogens is 1. The number of likely N-dealkylation sites (tertiary alicyclic amines) is 1. The number of esters is 1. The highest BCUT2D eigenvalue weighted by atomic mass is 16.6. The van der Waals surface area contributed by atoms with Crippen LogP contribution in [0.15, 0.2) is 18.2 Å². The predicted octanol–water partition coefficient (Wildman–Crippen LogP) is 2.76. The van der Waals surface area contributed by atoms with E-state index in [1.54, 1.807) is 0 Å². The lowest BCUT2D eigenvalue weighted by molar-refractivity contribution is -0.159. The van der Waals surface area contributed by atoms with Gasteiger partial charge < -0.3 is 15.0 Å². The van der Waals surface area contributed by atoms with E-state index in [-0.39, 0.29) is 41.6 Å². The first-order chi connectivity index (χ1) is 16.6. The molecule has 35 heavy (non-hydrogen) atoms. The van der Waals surface area contributed by atoms with Gasteiger partial charge in [0.1, 0.15) is 11.4 Å². The maximum Gasteiger partial charge on any atom is 0.311 e. The number of rotatable bonds is 5. The van der Waals surface area contributed by atoms with Crippen LogP contribution in [0.1, 0.15) is 77.3 Å². The number of piperidine rings is 1. The van der Waals surface area contributed by atoms with Gasteiger partial charge in [-0.25, -0.2) is 4.98 Å². The Bertz CT molecular complexity index is 980. The molecule has 2 atom stereocenters. The largest absolute Gasteiger partial charge is 0.460 e. The molecule has 0 bridgehead atoms. The molecule has 1 saturated carbocycles. The van der Waals surface area contributed by atoms with E-state index in [0.29, 0.717) is 43.9 Å². The normalized spacial score (nSPS) is 27.3. The molecule has 4 rings (SSSR count). The van der Waals surface area contributed by atoms with Crippen molar-refractivity contribution in [3.05, 3.63) is 23.9 Å². The van der Waals surface area contributed by atoms with Crippen molar-refractivity contribution in [1.82, 2.24) is 15.2 Å². The maximum atomic E-state index is 13.1. The molecule has 9 nitrogen and oxygen atoms in total. The van der Waals surface area contributed by atoms with Crippen molar-refractivity contribution < 1.29 is 23.9 Å². The van der Waals surface area contributed by atoms with Crippen LogP contribution in [-0.2, 0) is 23.9 Å². The minimum Gasteiger partial charge on any atom is -0.460 e. The Labute approximate surface area is 206 Å². The number of carbonyl (C=O) groups excluding carboxylic acids is 4. The van der Waals surface area contributed by atoms with Crippen molar-refractivity contribution in [2.75, 3.05) is 18.4 Å². The Morgan fingerprint density at radius 3 is 2.49 bits per heavy atom. The molecule has 2 aliphatic heterocycles. The first-order valence-electron chi connectivity index (χ1n) is 12.7. The molecular weight excluding hydrogens is 448 g/mol. The molecule has 190 valence electrons. The number of nitrogens with one attached hydrogen (secondary N) is 2. The summed E-state index contributed by atoms with van der Waals surface area (Å²) in [5, 5.41) is 5.85. The van der Waals surface area contributed by atoms with Crippen LogP contribution in [0.4, 0.5) is 5.82 Å². The number of amides is 3. The topological polar surface area (TPSA) is 118 Å². The van der Waals surface area contributed by atoms with Crippen LogP contribution in [0.25, 0.3) is 0 Å². The van der Waals surface area contributed by atoms with Crippen LogP contribution in [0, 0.1) is 11.8 Å². The molecule has 1 unspecified atom stereocenters. The van der Waals surface area contributed by atoms with Gasteiger partial charge in [-0.3, -0.25) is 24.5 Å². The standard InChI is InChI=1S/C26H36N4O5/c1-26(2,3)35-25(34)17-13-14-30(15-17)24(33)16-7-9-18(10-8-16)27-21-6-4-5-20(28-21)19-11-12-22(31)29-23(19)32/h4-6,16-19H,7-15H2,1-3H3,(H,27,28)(H,29,31,32)/t16-,17-,18-,19?/m1/s1. The van der Waals surface area contributed by atoms with Crippen molar-refractivity contribution in [1.29, 1.82) is 0 Å². The Morgan fingerprint density at radius 2 is 1.80 bits per heavy atom. The molecule has 9 heteroatoms. The van der Waals surface area contributed by atoms with Gasteiger partial charge in [-0.2, -0.15) is 0 Å². The number of hydrogen-bond acceptors (Lipinski definition) is 7. The quantitative estimate of drug-likeness (QED) is 0.487. The van der Waals surface area contributed by atoms with Crippen molar-refractivity contribution in [2.45, 2.75) is 83.3 Å². The van der Waals surface area contributed by atoms with Gasteiger partial charge in [-0.1, -0.05) is 6.07 Å². The van der Waals surface area contributed by atoms with E-state index >= 15 is 0 Å². The summed E-state index contributed by atoms with van der Waals surface area (Å²) in [6, 6.07) is 5.78. The highest BCUT2D eigenvalue weighted by Gasteiger charge is 2.37. The molecule has 1 aromatic heterocycles. The minimum absolute atomic E-state index is 0.0202. The zero-order valence-corrected chi connectivity index (χ0v) is 20.8. The fraction of sp³-hybridized carbons (Fsp3) is 0.654. The van der Waals surface area contributed by atoms with Gasteiger partial charge in [-0.05, 0) is 71.4 Å². The van der Waals surface area contributed by atoms with Crippen LogP contribution in [-0.4, -0.2) is 58.3 Å². The van der Waals surface area contributed by atoms with E-state index in [1.165, 1.54) is 0 Å². The van der Waals surface area contributed by atoms with Crippen LogP contribution < -0.4 is 10.6 Å². The van der Waals surface area contributed by atoms with E-state index in [4.69, 9.17) is 4.74 Å². The fourth-order valence-electron chi connectivity index (χ4n) is 5.19. The highest BCUT2D eigenvalue weighted by Crippen LogP contribution is 2.31. The van der Waals surface area contributed by atoms with Crippen LogP contribution in [0.3, 0.4) is 0 Å². The number of nitrogens with zero attached hydrogens (tertiary/aromatic N) is 2. The summed E-state index contributed by atoms with van der Waals surface area (Å²) in [6.45, 7) is 6.63. The molecule has 3 fully saturated rings. The number of imide groups is 1. The van der Waals surface area contributed by atoms with Gasteiger partial charge in [0.25, 0.3) is 0 Å². The first kappa shape index (κ1) is 25.1. The van der Waals surface area contributed by atoms with Gasteiger partial charge in [0.15, 0.2) is 0 Å². The van der Waals surface area contributed by atoms with Gasteiger partial charge in [0.05, 0.1) is 17.5 Å². The van der Waals surface area contributed by atoms with Gasteiger partial charge in [0.2, 0.25) is 17.7 Å². The third-order valence-corrected chi connectivity index (χ3v) is 7.04. The van der Waals surface area contributed by atoms with E-state index in [9.17, 15) is 19.2 Å². The molecule has 1 aromatic rings. The summed E-state index contributed by atoms with van der Waals surface area (Å²) in [5.74, 6) is -0.552.